The second-order valence-electron chi connectivity index (χ2n) is 6.33. The number of fused-ring (bicyclic) bond motifs is 1. The maximum atomic E-state index is 13.4. The first-order valence-corrected chi connectivity index (χ1v) is 9.44. The molecule has 1 aromatic heterocycles. The molecule has 138 valence electrons. The number of ether oxygens (including phenoxy) is 2. The van der Waals surface area contributed by atoms with E-state index >= 15 is 0 Å². The number of hydrogen-bond donors (Lipinski definition) is 1. The summed E-state index contributed by atoms with van der Waals surface area (Å²) in [4.78, 5) is 13.2. The zero-order valence-electron chi connectivity index (χ0n) is 14.7. The van der Waals surface area contributed by atoms with Gasteiger partial charge in [-0.05, 0) is 46.8 Å². The van der Waals surface area contributed by atoms with Crippen LogP contribution in [0.3, 0.4) is 0 Å². The van der Waals surface area contributed by atoms with Crippen LogP contribution in [0.2, 0.25) is 0 Å². The van der Waals surface area contributed by atoms with Gasteiger partial charge in [0, 0.05) is 17.2 Å². The second-order valence-corrected chi connectivity index (χ2v) is 7.28. The van der Waals surface area contributed by atoms with Crippen LogP contribution in [0.1, 0.15) is 28.3 Å². The van der Waals surface area contributed by atoms with Crippen molar-refractivity contribution in [2.24, 2.45) is 0 Å². The van der Waals surface area contributed by atoms with E-state index in [-0.39, 0.29) is 24.2 Å². The van der Waals surface area contributed by atoms with Crippen LogP contribution < -0.4 is 14.8 Å². The molecule has 27 heavy (non-hydrogen) atoms. The molecule has 6 heteroatoms. The zero-order valence-corrected chi connectivity index (χ0v) is 15.5. The molecule has 4 nitrogen and oxygen atoms in total. The molecule has 0 radical (unpaired) electrons. The van der Waals surface area contributed by atoms with E-state index in [1.54, 1.807) is 24.5 Å². The van der Waals surface area contributed by atoms with Crippen LogP contribution in [0.25, 0.3) is 0 Å². The minimum absolute atomic E-state index is 0.00365. The van der Waals surface area contributed by atoms with E-state index in [0.717, 1.165) is 21.7 Å². The smallest absolute Gasteiger partial charge is 0.225 e. The summed E-state index contributed by atoms with van der Waals surface area (Å²) >= 11 is 1.63. The van der Waals surface area contributed by atoms with E-state index < -0.39 is 0 Å². The fourth-order valence-corrected chi connectivity index (χ4v) is 4.23. The highest BCUT2D eigenvalue weighted by Crippen LogP contribution is 2.42. The molecule has 0 aliphatic carbocycles. The van der Waals surface area contributed by atoms with Gasteiger partial charge in [-0.1, -0.05) is 18.2 Å². The summed E-state index contributed by atoms with van der Waals surface area (Å²) in [5, 5.41) is 4.89. The van der Waals surface area contributed by atoms with E-state index in [2.05, 4.69) is 5.32 Å². The van der Waals surface area contributed by atoms with E-state index in [1.165, 1.54) is 12.1 Å². The zero-order chi connectivity index (χ0) is 18.8. The van der Waals surface area contributed by atoms with Gasteiger partial charge in [-0.25, -0.2) is 4.39 Å². The Hall–Kier alpha value is -2.86. The maximum Gasteiger partial charge on any atom is 0.225 e. The van der Waals surface area contributed by atoms with Gasteiger partial charge >= 0.3 is 0 Å². The van der Waals surface area contributed by atoms with Crippen molar-refractivity contribution in [3.05, 3.63) is 75.7 Å². The predicted molar refractivity (Wildman–Crippen MR) is 103 cm³/mol. The minimum atomic E-state index is -0.296. The maximum absolute atomic E-state index is 13.4. The lowest BCUT2D eigenvalue weighted by Gasteiger charge is -2.23. The first kappa shape index (κ1) is 17.5. The Kier molecular flexibility index (Phi) is 4.81. The third-order valence-electron chi connectivity index (χ3n) is 4.55. The van der Waals surface area contributed by atoms with Crippen molar-refractivity contribution in [1.82, 2.24) is 0 Å². The van der Waals surface area contributed by atoms with Crippen molar-refractivity contribution < 1.29 is 18.7 Å². The number of nitrogens with one attached hydrogen (secondary N) is 1. The third-order valence-corrected chi connectivity index (χ3v) is 5.58. The summed E-state index contributed by atoms with van der Waals surface area (Å²) in [5.74, 6) is 0.862. The average molecular weight is 383 g/mol. The highest BCUT2D eigenvalue weighted by molar-refractivity contribution is 7.10. The minimum Gasteiger partial charge on any atom is -0.493 e. The number of thiophene rings is 1. The molecule has 3 aromatic rings. The summed E-state index contributed by atoms with van der Waals surface area (Å²) in [6.07, 6.45) is 0.392. The molecule has 0 bridgehead atoms. The van der Waals surface area contributed by atoms with E-state index in [1.807, 2.05) is 35.7 Å². The lowest BCUT2D eigenvalue weighted by Crippen LogP contribution is -2.22. The van der Waals surface area contributed by atoms with Crippen molar-refractivity contribution in [2.75, 3.05) is 12.4 Å². The van der Waals surface area contributed by atoms with Crippen LogP contribution in [0.15, 0.2) is 53.9 Å². The van der Waals surface area contributed by atoms with Crippen molar-refractivity contribution >= 4 is 22.9 Å². The number of carbonyl (C=O) groups excluding carboxylic acids is 1. The molecule has 0 spiro atoms. The molecule has 1 amide bonds. The molecule has 0 saturated heterocycles. The Morgan fingerprint density at radius 2 is 2.07 bits per heavy atom. The van der Waals surface area contributed by atoms with Crippen molar-refractivity contribution in [2.45, 2.75) is 18.9 Å². The molecular weight excluding hydrogens is 365 g/mol. The summed E-state index contributed by atoms with van der Waals surface area (Å²) in [6.45, 7) is 0.229. The Morgan fingerprint density at radius 3 is 2.89 bits per heavy atom. The van der Waals surface area contributed by atoms with Gasteiger partial charge in [0.1, 0.15) is 12.4 Å². The van der Waals surface area contributed by atoms with E-state index in [0.29, 0.717) is 17.9 Å². The monoisotopic (exact) mass is 383 g/mol. The van der Waals surface area contributed by atoms with Crippen LogP contribution in [-0.4, -0.2) is 13.0 Å². The Balaban J connectivity index is 1.62. The van der Waals surface area contributed by atoms with E-state index in [4.69, 9.17) is 9.47 Å². The fourth-order valence-electron chi connectivity index (χ4n) is 3.25. The van der Waals surface area contributed by atoms with Gasteiger partial charge in [0.15, 0.2) is 11.5 Å². The standard InChI is InChI=1S/C21H18FNO3S/c1-25-18-6-5-14(16-11-20(24)23-17-7-8-27-21(16)17)10-19(18)26-12-13-3-2-4-15(22)9-13/h2-10,16H,11-12H2,1H3,(H,23,24). The molecule has 1 atom stereocenters. The molecule has 2 heterocycles. The molecule has 1 N–H and O–H groups in total. The first-order chi connectivity index (χ1) is 13.1. The number of methoxy groups -OCH3 is 1. The second kappa shape index (κ2) is 7.40. The number of carbonyl (C=O) groups is 1. The number of anilines is 1. The topological polar surface area (TPSA) is 47.6 Å². The quantitative estimate of drug-likeness (QED) is 0.678. The van der Waals surface area contributed by atoms with Gasteiger partial charge < -0.3 is 14.8 Å². The summed E-state index contributed by atoms with van der Waals surface area (Å²) in [7, 11) is 1.58. The van der Waals surface area contributed by atoms with Crippen LogP contribution in [0.5, 0.6) is 11.5 Å². The summed E-state index contributed by atoms with van der Waals surface area (Å²) in [6, 6.07) is 13.9. The summed E-state index contributed by atoms with van der Waals surface area (Å²) in [5.41, 5.74) is 2.60. The van der Waals surface area contributed by atoms with Crippen molar-refractivity contribution in [3.8, 4) is 11.5 Å². The lowest BCUT2D eigenvalue weighted by molar-refractivity contribution is -0.116. The van der Waals surface area contributed by atoms with Crippen LogP contribution >= 0.6 is 11.3 Å². The van der Waals surface area contributed by atoms with E-state index in [9.17, 15) is 9.18 Å². The third kappa shape index (κ3) is 3.66. The highest BCUT2D eigenvalue weighted by atomic mass is 32.1. The molecule has 1 aliphatic heterocycles. The number of benzene rings is 2. The van der Waals surface area contributed by atoms with Crippen molar-refractivity contribution in [1.29, 1.82) is 0 Å². The Labute approximate surface area is 160 Å². The molecule has 0 saturated carbocycles. The predicted octanol–water partition coefficient (Wildman–Crippen LogP) is 4.95. The number of amides is 1. The summed E-state index contributed by atoms with van der Waals surface area (Å²) < 4.78 is 24.7. The lowest BCUT2D eigenvalue weighted by atomic mass is 9.90. The van der Waals surface area contributed by atoms with Gasteiger partial charge in [0.05, 0.1) is 12.8 Å². The van der Waals surface area contributed by atoms with Crippen LogP contribution in [0.4, 0.5) is 10.1 Å². The molecule has 2 aromatic carbocycles. The highest BCUT2D eigenvalue weighted by Gasteiger charge is 2.28. The largest absolute Gasteiger partial charge is 0.493 e. The SMILES string of the molecule is COc1ccc(C2CC(=O)Nc3ccsc32)cc1OCc1cccc(F)c1. The molecule has 4 rings (SSSR count). The normalized spacial score (nSPS) is 15.8. The van der Waals surface area contributed by atoms with Gasteiger partial charge in [-0.2, -0.15) is 0 Å². The van der Waals surface area contributed by atoms with Gasteiger partial charge in [0.25, 0.3) is 0 Å². The average Bonchev–Trinajstić information content (AvgIpc) is 3.14. The Morgan fingerprint density at radius 1 is 1.19 bits per heavy atom. The van der Waals surface area contributed by atoms with Gasteiger partial charge in [-0.3, -0.25) is 4.79 Å². The molecule has 0 fully saturated rings. The number of hydrogen-bond acceptors (Lipinski definition) is 4. The molecular formula is C21H18FNO3S. The molecule has 1 aliphatic rings. The van der Waals surface area contributed by atoms with Gasteiger partial charge in [-0.15, -0.1) is 11.3 Å². The van der Waals surface area contributed by atoms with Crippen LogP contribution in [-0.2, 0) is 11.4 Å². The van der Waals surface area contributed by atoms with Gasteiger partial charge in [0.2, 0.25) is 5.91 Å². The fraction of sp³-hybridized carbons (Fsp3) is 0.190. The Bertz CT molecular complexity index is 985. The number of rotatable bonds is 5. The van der Waals surface area contributed by atoms with Crippen molar-refractivity contribution in [3.63, 3.8) is 0 Å². The molecule has 1 unspecified atom stereocenters. The number of halogens is 1. The first-order valence-electron chi connectivity index (χ1n) is 8.56. The van der Waals surface area contributed by atoms with Crippen LogP contribution in [0, 0.1) is 5.82 Å².